The van der Waals surface area contributed by atoms with E-state index in [1.54, 1.807) is 31.2 Å². The maximum atomic E-state index is 13.0. The van der Waals surface area contributed by atoms with E-state index in [0.29, 0.717) is 21.9 Å². The number of hydrogen-bond acceptors (Lipinski definition) is 6. The normalized spacial score (nSPS) is 10.4. The molecule has 1 heterocycles. The molecule has 1 aromatic heterocycles. The number of hydrogen-bond donors (Lipinski definition) is 2. The van der Waals surface area contributed by atoms with Crippen LogP contribution in [0.1, 0.15) is 36.7 Å². The lowest BCUT2D eigenvalue weighted by molar-refractivity contribution is -0.118. The van der Waals surface area contributed by atoms with Crippen molar-refractivity contribution in [2.75, 3.05) is 24.4 Å². The van der Waals surface area contributed by atoms with Gasteiger partial charge in [-0.2, -0.15) is 0 Å². The molecule has 0 bridgehead atoms. The van der Waals surface area contributed by atoms with Gasteiger partial charge < -0.3 is 20.1 Å². The highest BCUT2D eigenvalue weighted by Gasteiger charge is 2.26. The molecule has 3 aromatic rings. The summed E-state index contributed by atoms with van der Waals surface area (Å²) in [4.78, 5) is 38.1. The molecule has 8 heteroatoms. The summed E-state index contributed by atoms with van der Waals surface area (Å²) in [6, 6.07) is 14.5. The van der Waals surface area contributed by atoms with Gasteiger partial charge in [0.05, 0.1) is 17.6 Å². The Labute approximate surface area is 190 Å². The zero-order chi connectivity index (χ0) is 23.3. The molecule has 0 unspecified atom stereocenters. The standard InChI is InChI=1S/C24H24N2O5S/c1-14-9-8-12-18(15(14)2)25-22(28)21-16(3)20(24(29)30-4)23(32-21)26-19(27)13-31-17-10-6-5-7-11-17/h5-12H,13H2,1-4H3,(H,25,28)(H,26,27). The Hall–Kier alpha value is -3.65. The van der Waals surface area contributed by atoms with E-state index in [4.69, 9.17) is 9.47 Å². The van der Waals surface area contributed by atoms with Crippen molar-refractivity contribution in [2.24, 2.45) is 0 Å². The fraction of sp³-hybridized carbons (Fsp3) is 0.208. The molecule has 0 atom stereocenters. The van der Waals surface area contributed by atoms with Crippen LogP contribution in [0.15, 0.2) is 48.5 Å². The highest BCUT2D eigenvalue weighted by atomic mass is 32.1. The molecule has 0 spiro atoms. The number of para-hydroxylation sites is 1. The maximum absolute atomic E-state index is 13.0. The summed E-state index contributed by atoms with van der Waals surface area (Å²) in [5.74, 6) is -0.912. The molecule has 0 saturated carbocycles. The van der Waals surface area contributed by atoms with Gasteiger partial charge in [-0.25, -0.2) is 4.79 Å². The lowest BCUT2D eigenvalue weighted by Gasteiger charge is -2.10. The van der Waals surface area contributed by atoms with Crippen LogP contribution in [0.4, 0.5) is 10.7 Å². The van der Waals surface area contributed by atoms with Gasteiger partial charge in [-0.1, -0.05) is 30.3 Å². The third-order valence-corrected chi connectivity index (χ3v) is 6.17. The Kier molecular flexibility index (Phi) is 7.27. The Bertz CT molecular complexity index is 1150. The Morgan fingerprint density at radius 1 is 0.906 bits per heavy atom. The minimum absolute atomic E-state index is 0.150. The summed E-state index contributed by atoms with van der Waals surface area (Å²) in [6.45, 7) is 5.29. The molecular formula is C24H24N2O5S. The highest BCUT2D eigenvalue weighted by Crippen LogP contribution is 2.34. The van der Waals surface area contributed by atoms with Crippen molar-refractivity contribution in [2.45, 2.75) is 20.8 Å². The summed E-state index contributed by atoms with van der Waals surface area (Å²) in [7, 11) is 1.25. The quantitative estimate of drug-likeness (QED) is 0.506. The van der Waals surface area contributed by atoms with E-state index in [0.717, 1.165) is 22.5 Å². The lowest BCUT2D eigenvalue weighted by atomic mass is 10.1. The van der Waals surface area contributed by atoms with Crippen molar-refractivity contribution in [1.82, 2.24) is 0 Å². The molecule has 32 heavy (non-hydrogen) atoms. The fourth-order valence-corrected chi connectivity index (χ4v) is 4.17. The second kappa shape index (κ2) is 10.1. The number of nitrogens with one attached hydrogen (secondary N) is 2. The Balaban J connectivity index is 1.82. The molecule has 0 aliphatic heterocycles. The Morgan fingerprint density at radius 3 is 2.31 bits per heavy atom. The number of benzene rings is 2. The van der Waals surface area contributed by atoms with Crippen LogP contribution in [0, 0.1) is 20.8 Å². The molecule has 2 amide bonds. The van der Waals surface area contributed by atoms with Gasteiger partial charge in [0.15, 0.2) is 6.61 Å². The van der Waals surface area contributed by atoms with Crippen molar-refractivity contribution in [1.29, 1.82) is 0 Å². The second-order valence-corrected chi connectivity index (χ2v) is 8.12. The van der Waals surface area contributed by atoms with Gasteiger partial charge in [0, 0.05) is 5.69 Å². The molecule has 2 N–H and O–H groups in total. The van der Waals surface area contributed by atoms with E-state index >= 15 is 0 Å². The van der Waals surface area contributed by atoms with Crippen molar-refractivity contribution < 1.29 is 23.9 Å². The third kappa shape index (κ3) is 5.15. The maximum Gasteiger partial charge on any atom is 0.341 e. The number of amides is 2. The number of thiophene rings is 1. The zero-order valence-corrected chi connectivity index (χ0v) is 19.1. The molecule has 7 nitrogen and oxygen atoms in total. The first-order valence-corrected chi connectivity index (χ1v) is 10.7. The van der Waals surface area contributed by atoms with Gasteiger partial charge in [-0.3, -0.25) is 9.59 Å². The van der Waals surface area contributed by atoms with Crippen molar-refractivity contribution >= 4 is 39.8 Å². The van der Waals surface area contributed by atoms with E-state index in [2.05, 4.69) is 10.6 Å². The first-order valence-electron chi connectivity index (χ1n) is 9.88. The predicted molar refractivity (Wildman–Crippen MR) is 125 cm³/mol. The van der Waals surface area contributed by atoms with E-state index in [-0.39, 0.29) is 23.1 Å². The summed E-state index contributed by atoms with van der Waals surface area (Å²) in [5.41, 5.74) is 3.27. The van der Waals surface area contributed by atoms with Gasteiger partial charge in [-0.15, -0.1) is 11.3 Å². The average Bonchev–Trinajstić information content (AvgIpc) is 3.11. The van der Waals surface area contributed by atoms with Crippen LogP contribution in [0.3, 0.4) is 0 Å². The smallest absolute Gasteiger partial charge is 0.341 e. The second-order valence-electron chi connectivity index (χ2n) is 7.10. The van der Waals surface area contributed by atoms with Crippen LogP contribution < -0.4 is 15.4 Å². The van der Waals surface area contributed by atoms with E-state index < -0.39 is 11.9 Å². The number of methoxy groups -OCH3 is 1. The first kappa shape index (κ1) is 23.0. The number of ether oxygens (including phenoxy) is 2. The van der Waals surface area contributed by atoms with Crippen molar-refractivity contribution in [3.05, 3.63) is 75.7 Å². The molecule has 0 saturated heterocycles. The SMILES string of the molecule is COC(=O)c1c(NC(=O)COc2ccccc2)sc(C(=O)Nc2cccc(C)c2C)c1C. The fourth-order valence-electron chi connectivity index (χ4n) is 3.06. The van der Waals surface area contributed by atoms with E-state index in [9.17, 15) is 14.4 Å². The van der Waals surface area contributed by atoms with Crippen molar-refractivity contribution in [3.8, 4) is 5.75 Å². The third-order valence-electron chi connectivity index (χ3n) is 4.96. The van der Waals surface area contributed by atoms with E-state index in [1.807, 2.05) is 38.1 Å². The molecule has 0 fully saturated rings. The van der Waals surface area contributed by atoms with Gasteiger partial charge in [0.2, 0.25) is 0 Å². The summed E-state index contributed by atoms with van der Waals surface area (Å²) >= 11 is 1.02. The van der Waals surface area contributed by atoms with Crippen LogP contribution in [0.25, 0.3) is 0 Å². The van der Waals surface area contributed by atoms with Crippen LogP contribution in [0.5, 0.6) is 5.75 Å². The molecule has 3 rings (SSSR count). The number of aryl methyl sites for hydroxylation is 1. The van der Waals surface area contributed by atoms with Crippen LogP contribution in [-0.4, -0.2) is 31.5 Å². The van der Waals surface area contributed by atoms with Gasteiger partial charge in [0.1, 0.15) is 10.8 Å². The lowest BCUT2D eigenvalue weighted by Crippen LogP contribution is -2.21. The van der Waals surface area contributed by atoms with Crippen LogP contribution in [0.2, 0.25) is 0 Å². The number of rotatable bonds is 7. The number of carbonyl (C=O) groups is 3. The van der Waals surface area contributed by atoms with Crippen LogP contribution in [-0.2, 0) is 9.53 Å². The molecular weight excluding hydrogens is 428 g/mol. The first-order chi connectivity index (χ1) is 15.3. The molecule has 166 valence electrons. The molecule has 2 aromatic carbocycles. The van der Waals surface area contributed by atoms with E-state index in [1.165, 1.54) is 7.11 Å². The minimum Gasteiger partial charge on any atom is -0.484 e. The average molecular weight is 453 g/mol. The van der Waals surface area contributed by atoms with Crippen LogP contribution >= 0.6 is 11.3 Å². The van der Waals surface area contributed by atoms with Gasteiger partial charge in [0.25, 0.3) is 11.8 Å². The molecule has 0 radical (unpaired) electrons. The largest absolute Gasteiger partial charge is 0.484 e. The number of esters is 1. The number of carbonyl (C=O) groups excluding carboxylic acids is 3. The minimum atomic E-state index is -0.635. The topological polar surface area (TPSA) is 93.7 Å². The highest BCUT2D eigenvalue weighted by molar-refractivity contribution is 7.19. The zero-order valence-electron chi connectivity index (χ0n) is 18.3. The predicted octanol–water partition coefficient (Wildman–Crippen LogP) is 4.73. The Morgan fingerprint density at radius 2 is 1.62 bits per heavy atom. The van der Waals surface area contributed by atoms with Gasteiger partial charge in [-0.05, 0) is 55.7 Å². The van der Waals surface area contributed by atoms with Crippen molar-refractivity contribution in [3.63, 3.8) is 0 Å². The molecule has 0 aliphatic carbocycles. The summed E-state index contributed by atoms with van der Waals surface area (Å²) in [5, 5.41) is 5.80. The molecule has 0 aliphatic rings. The summed E-state index contributed by atoms with van der Waals surface area (Å²) < 4.78 is 10.3. The monoisotopic (exact) mass is 452 g/mol. The number of anilines is 2. The summed E-state index contributed by atoms with van der Waals surface area (Å²) in [6.07, 6.45) is 0. The van der Waals surface area contributed by atoms with Gasteiger partial charge >= 0.3 is 5.97 Å².